The quantitative estimate of drug-likeness (QED) is 0.392. The molecule has 0 radical (unpaired) electrons. The minimum atomic E-state index is -0.155. The van der Waals surface area contributed by atoms with Crippen molar-refractivity contribution in [3.63, 3.8) is 0 Å². The van der Waals surface area contributed by atoms with Gasteiger partial charge in [0.25, 0.3) is 5.56 Å². The molecule has 0 bridgehead atoms. The summed E-state index contributed by atoms with van der Waals surface area (Å²) in [4.78, 5) is 20.5. The van der Waals surface area contributed by atoms with Gasteiger partial charge in [0.1, 0.15) is 4.83 Å². The minimum absolute atomic E-state index is 0.155. The number of hydrogen-bond acceptors (Lipinski definition) is 5. The van der Waals surface area contributed by atoms with Gasteiger partial charge in [-0.25, -0.2) is 4.98 Å². The van der Waals surface area contributed by atoms with Crippen LogP contribution in [0.4, 0.5) is 0 Å². The van der Waals surface area contributed by atoms with Gasteiger partial charge in [0.15, 0.2) is 5.16 Å². The standard InChI is InChI=1S/C15H12Cl2N2O2S2/c1-21-4-5-22-15-18-13(20)12-9(7-23-14(12)19-15)8-2-3-10(16)11(17)6-8/h2-3,6-7H,4-5H2,1H3,(H,18,19,20). The van der Waals surface area contributed by atoms with E-state index in [0.717, 1.165) is 16.9 Å². The third-order valence-electron chi connectivity index (χ3n) is 3.18. The van der Waals surface area contributed by atoms with Crippen molar-refractivity contribution >= 4 is 56.5 Å². The van der Waals surface area contributed by atoms with Crippen LogP contribution in [-0.2, 0) is 4.74 Å². The molecule has 0 aliphatic carbocycles. The molecule has 1 aromatic carbocycles. The number of aromatic amines is 1. The van der Waals surface area contributed by atoms with Crippen molar-refractivity contribution in [3.8, 4) is 11.1 Å². The highest BCUT2D eigenvalue weighted by molar-refractivity contribution is 7.99. The van der Waals surface area contributed by atoms with E-state index in [1.807, 2.05) is 11.4 Å². The molecule has 120 valence electrons. The van der Waals surface area contributed by atoms with Crippen molar-refractivity contribution in [3.05, 3.63) is 44.0 Å². The van der Waals surface area contributed by atoms with Gasteiger partial charge >= 0.3 is 0 Å². The van der Waals surface area contributed by atoms with Crippen LogP contribution < -0.4 is 5.56 Å². The molecule has 3 aromatic rings. The molecule has 2 heterocycles. The summed E-state index contributed by atoms with van der Waals surface area (Å²) in [5.74, 6) is 0.732. The van der Waals surface area contributed by atoms with Gasteiger partial charge in [-0.1, -0.05) is 41.0 Å². The Morgan fingerprint density at radius 1 is 1.35 bits per heavy atom. The summed E-state index contributed by atoms with van der Waals surface area (Å²) < 4.78 is 5.00. The number of nitrogens with zero attached hydrogens (tertiary/aromatic N) is 1. The van der Waals surface area contributed by atoms with Gasteiger partial charge in [0.2, 0.25) is 0 Å². The van der Waals surface area contributed by atoms with Crippen LogP contribution in [-0.4, -0.2) is 29.4 Å². The number of ether oxygens (including phenoxy) is 1. The number of methoxy groups -OCH3 is 1. The van der Waals surface area contributed by atoms with E-state index in [1.54, 1.807) is 19.2 Å². The Balaban J connectivity index is 2.03. The lowest BCUT2D eigenvalue weighted by Gasteiger charge is -2.03. The van der Waals surface area contributed by atoms with E-state index in [4.69, 9.17) is 27.9 Å². The van der Waals surface area contributed by atoms with Crippen LogP contribution >= 0.6 is 46.3 Å². The van der Waals surface area contributed by atoms with Crippen LogP contribution in [0.5, 0.6) is 0 Å². The summed E-state index contributed by atoms with van der Waals surface area (Å²) in [5, 5.41) is 4.03. The average molecular weight is 387 g/mol. The third-order valence-corrected chi connectivity index (χ3v) is 5.63. The fourth-order valence-corrected chi connectivity index (χ4v) is 4.16. The Kier molecular flexibility index (Phi) is 5.28. The maximum Gasteiger partial charge on any atom is 0.260 e. The molecular formula is C15H12Cl2N2O2S2. The second kappa shape index (κ2) is 7.23. The highest BCUT2D eigenvalue weighted by Crippen LogP contribution is 2.34. The van der Waals surface area contributed by atoms with E-state index in [-0.39, 0.29) is 5.56 Å². The molecule has 0 aliphatic heterocycles. The molecule has 1 N–H and O–H groups in total. The van der Waals surface area contributed by atoms with E-state index in [2.05, 4.69) is 9.97 Å². The van der Waals surface area contributed by atoms with Crippen molar-refractivity contribution in [1.82, 2.24) is 9.97 Å². The van der Waals surface area contributed by atoms with E-state index in [1.165, 1.54) is 23.1 Å². The van der Waals surface area contributed by atoms with Crippen LogP contribution in [0, 0.1) is 0 Å². The zero-order valence-electron chi connectivity index (χ0n) is 12.1. The maximum atomic E-state index is 12.4. The number of hydrogen-bond donors (Lipinski definition) is 1. The normalized spacial score (nSPS) is 11.3. The van der Waals surface area contributed by atoms with Crippen molar-refractivity contribution in [2.75, 3.05) is 19.5 Å². The Hall–Kier alpha value is -1.05. The number of H-pyrrole nitrogens is 1. The van der Waals surface area contributed by atoms with Crippen LogP contribution in [0.15, 0.2) is 33.5 Å². The summed E-state index contributed by atoms with van der Waals surface area (Å²) in [5.41, 5.74) is 1.50. The van der Waals surface area contributed by atoms with E-state index >= 15 is 0 Å². The lowest BCUT2D eigenvalue weighted by molar-refractivity contribution is 0.218. The molecule has 23 heavy (non-hydrogen) atoms. The molecule has 0 amide bonds. The molecule has 0 spiro atoms. The van der Waals surface area contributed by atoms with Crippen molar-refractivity contribution in [2.45, 2.75) is 5.16 Å². The molecule has 0 unspecified atom stereocenters. The molecule has 4 nitrogen and oxygen atoms in total. The number of benzene rings is 1. The molecule has 8 heteroatoms. The molecule has 2 aromatic heterocycles. The Morgan fingerprint density at radius 3 is 2.91 bits per heavy atom. The van der Waals surface area contributed by atoms with Gasteiger partial charge < -0.3 is 9.72 Å². The monoisotopic (exact) mass is 386 g/mol. The Bertz CT molecular complexity index is 908. The highest BCUT2D eigenvalue weighted by atomic mass is 35.5. The number of rotatable bonds is 5. The first-order valence-corrected chi connectivity index (χ1v) is 9.31. The molecule has 3 rings (SSSR count). The highest BCUT2D eigenvalue weighted by Gasteiger charge is 2.14. The molecule has 0 fully saturated rings. The SMILES string of the molecule is COCCSc1nc2scc(-c3ccc(Cl)c(Cl)c3)c2c(=O)[nH]1. The second-order valence-corrected chi connectivity index (χ2v) is 7.43. The lowest BCUT2D eigenvalue weighted by atomic mass is 10.1. The van der Waals surface area contributed by atoms with Gasteiger partial charge in [-0.15, -0.1) is 11.3 Å². The van der Waals surface area contributed by atoms with Crippen LogP contribution in [0.2, 0.25) is 10.0 Å². The molecule has 0 atom stereocenters. The molecular weight excluding hydrogens is 375 g/mol. The van der Waals surface area contributed by atoms with Crippen molar-refractivity contribution < 1.29 is 4.74 Å². The molecule has 0 saturated heterocycles. The number of halogens is 2. The van der Waals surface area contributed by atoms with Gasteiger partial charge in [-0.05, 0) is 17.7 Å². The van der Waals surface area contributed by atoms with E-state index < -0.39 is 0 Å². The van der Waals surface area contributed by atoms with Crippen molar-refractivity contribution in [1.29, 1.82) is 0 Å². The summed E-state index contributed by atoms with van der Waals surface area (Å²) in [7, 11) is 1.64. The predicted molar refractivity (Wildman–Crippen MR) is 98.3 cm³/mol. The summed E-state index contributed by atoms with van der Waals surface area (Å²) in [6.45, 7) is 0.603. The number of nitrogens with one attached hydrogen (secondary N) is 1. The van der Waals surface area contributed by atoms with E-state index in [9.17, 15) is 4.79 Å². The summed E-state index contributed by atoms with van der Waals surface area (Å²) in [6.07, 6.45) is 0. The van der Waals surface area contributed by atoms with Crippen molar-refractivity contribution in [2.24, 2.45) is 0 Å². The first-order valence-electron chi connectivity index (χ1n) is 6.69. The van der Waals surface area contributed by atoms with E-state index in [0.29, 0.717) is 32.0 Å². The fourth-order valence-electron chi connectivity index (χ4n) is 2.10. The maximum absolute atomic E-state index is 12.4. The number of thiophene rings is 1. The summed E-state index contributed by atoms with van der Waals surface area (Å²) >= 11 is 14.9. The second-order valence-electron chi connectivity index (χ2n) is 4.67. The number of aromatic nitrogens is 2. The minimum Gasteiger partial charge on any atom is -0.384 e. The zero-order chi connectivity index (χ0) is 16.4. The first-order chi connectivity index (χ1) is 11.1. The zero-order valence-corrected chi connectivity index (χ0v) is 15.2. The van der Waals surface area contributed by atoms with Gasteiger partial charge in [-0.2, -0.15) is 0 Å². The fraction of sp³-hybridized carbons (Fsp3) is 0.200. The van der Waals surface area contributed by atoms with Crippen LogP contribution in [0.1, 0.15) is 0 Å². The Morgan fingerprint density at radius 2 is 2.17 bits per heavy atom. The first kappa shape index (κ1) is 16.8. The number of fused-ring (bicyclic) bond motifs is 1. The number of thioether (sulfide) groups is 1. The predicted octanol–water partition coefficient (Wildman–Crippen LogP) is 4.70. The van der Waals surface area contributed by atoms with Crippen LogP contribution in [0.3, 0.4) is 0 Å². The summed E-state index contributed by atoms with van der Waals surface area (Å²) in [6, 6.07) is 5.32. The topological polar surface area (TPSA) is 55.0 Å². The smallest absolute Gasteiger partial charge is 0.260 e. The lowest BCUT2D eigenvalue weighted by Crippen LogP contribution is -2.09. The van der Waals surface area contributed by atoms with Gasteiger partial charge in [-0.3, -0.25) is 4.79 Å². The third kappa shape index (κ3) is 3.56. The molecule has 0 saturated carbocycles. The van der Waals surface area contributed by atoms with Crippen LogP contribution in [0.25, 0.3) is 21.3 Å². The molecule has 0 aliphatic rings. The van der Waals surface area contributed by atoms with Gasteiger partial charge in [0, 0.05) is 23.8 Å². The average Bonchev–Trinajstić information content (AvgIpc) is 2.95. The van der Waals surface area contributed by atoms with Gasteiger partial charge in [0.05, 0.1) is 22.0 Å². The largest absolute Gasteiger partial charge is 0.384 e. The Labute approximate surface area is 150 Å².